The van der Waals surface area contributed by atoms with Gasteiger partial charge in [0.25, 0.3) is 9.05 Å². The first-order chi connectivity index (χ1) is 9.03. The van der Waals surface area contributed by atoms with Crippen molar-refractivity contribution < 1.29 is 21.6 Å². The third kappa shape index (κ3) is 2.72. The van der Waals surface area contributed by atoms with Gasteiger partial charge in [-0.25, -0.2) is 16.8 Å². The quantitative estimate of drug-likeness (QED) is 0.807. The molecule has 0 saturated carbocycles. The molecule has 6 nitrogen and oxygen atoms in total. The third-order valence-corrected chi connectivity index (χ3v) is 9.02. The van der Waals surface area contributed by atoms with Crippen LogP contribution in [-0.4, -0.2) is 28.0 Å². The SMILES string of the molecule is CC(=O)NC1CC(C)S(=O)(=O)c2sc(S(=O)(=O)Cl)cc21. The second-order valence-corrected chi connectivity index (χ2v) is 11.0. The normalized spacial score (nSPS) is 24.9. The molecule has 0 bridgehead atoms. The van der Waals surface area contributed by atoms with Crippen molar-refractivity contribution in [2.75, 3.05) is 0 Å². The number of thiophene rings is 1. The van der Waals surface area contributed by atoms with Crippen LogP contribution >= 0.6 is 22.0 Å². The van der Waals surface area contributed by atoms with Crippen molar-refractivity contribution in [2.45, 2.75) is 40.0 Å². The van der Waals surface area contributed by atoms with Crippen LogP contribution < -0.4 is 5.32 Å². The smallest absolute Gasteiger partial charge is 0.270 e. The lowest BCUT2D eigenvalue weighted by Crippen LogP contribution is -2.35. The van der Waals surface area contributed by atoms with Crippen LogP contribution in [-0.2, 0) is 23.7 Å². The second-order valence-electron chi connectivity index (χ2n) is 4.59. The zero-order valence-electron chi connectivity index (χ0n) is 10.6. The minimum atomic E-state index is -4.00. The summed E-state index contributed by atoms with van der Waals surface area (Å²) in [7, 11) is -2.33. The van der Waals surface area contributed by atoms with Crippen LogP contribution in [0.4, 0.5) is 0 Å². The number of sulfone groups is 1. The summed E-state index contributed by atoms with van der Waals surface area (Å²) < 4.78 is 46.9. The summed E-state index contributed by atoms with van der Waals surface area (Å²) in [5.41, 5.74) is 0.294. The van der Waals surface area contributed by atoms with E-state index >= 15 is 0 Å². The molecule has 0 aromatic carbocycles. The summed E-state index contributed by atoms with van der Waals surface area (Å²) in [5, 5.41) is 1.94. The van der Waals surface area contributed by atoms with E-state index < -0.39 is 30.2 Å². The summed E-state index contributed by atoms with van der Waals surface area (Å²) in [4.78, 5) is 11.2. The molecule has 2 heterocycles. The molecule has 2 rings (SSSR count). The van der Waals surface area contributed by atoms with Crippen LogP contribution in [0.3, 0.4) is 0 Å². The van der Waals surface area contributed by atoms with Crippen molar-refractivity contribution in [1.29, 1.82) is 0 Å². The van der Waals surface area contributed by atoms with Crippen LogP contribution in [0.5, 0.6) is 0 Å². The van der Waals surface area contributed by atoms with Crippen molar-refractivity contribution in [3.63, 3.8) is 0 Å². The maximum atomic E-state index is 12.2. The van der Waals surface area contributed by atoms with Gasteiger partial charge in [0, 0.05) is 23.2 Å². The molecule has 0 radical (unpaired) electrons. The maximum absolute atomic E-state index is 12.2. The molecule has 0 saturated heterocycles. The van der Waals surface area contributed by atoms with Gasteiger partial charge in [0.15, 0.2) is 9.84 Å². The number of nitrogens with one attached hydrogen (secondary N) is 1. The number of amides is 1. The molecule has 2 atom stereocenters. The van der Waals surface area contributed by atoms with E-state index in [9.17, 15) is 21.6 Å². The molecule has 10 heteroatoms. The van der Waals surface area contributed by atoms with E-state index in [1.807, 2.05) is 0 Å². The van der Waals surface area contributed by atoms with Crippen molar-refractivity contribution in [3.8, 4) is 0 Å². The first kappa shape index (κ1) is 15.7. The Labute approximate surface area is 125 Å². The fourth-order valence-electron chi connectivity index (χ4n) is 2.10. The molecule has 1 amide bonds. The number of rotatable bonds is 2. The van der Waals surface area contributed by atoms with Crippen LogP contribution in [0.15, 0.2) is 14.5 Å². The van der Waals surface area contributed by atoms with Gasteiger partial charge >= 0.3 is 0 Å². The number of hydrogen-bond donors (Lipinski definition) is 1. The van der Waals surface area contributed by atoms with Gasteiger partial charge in [-0.2, -0.15) is 0 Å². The average Bonchev–Trinajstić information content (AvgIpc) is 2.70. The highest BCUT2D eigenvalue weighted by molar-refractivity contribution is 8.15. The predicted octanol–water partition coefficient (Wildman–Crippen LogP) is 1.42. The lowest BCUT2D eigenvalue weighted by Gasteiger charge is -2.27. The lowest BCUT2D eigenvalue weighted by molar-refractivity contribution is -0.119. The molecule has 1 aromatic heterocycles. The van der Waals surface area contributed by atoms with Crippen molar-refractivity contribution >= 4 is 46.8 Å². The van der Waals surface area contributed by atoms with Crippen molar-refractivity contribution in [2.24, 2.45) is 0 Å². The minimum Gasteiger partial charge on any atom is -0.349 e. The fraction of sp³-hybridized carbons (Fsp3) is 0.500. The summed E-state index contributed by atoms with van der Waals surface area (Å²) in [6.45, 7) is 2.85. The van der Waals surface area contributed by atoms with Crippen LogP contribution in [0.25, 0.3) is 0 Å². The largest absolute Gasteiger partial charge is 0.349 e. The number of halogens is 1. The average molecular weight is 358 g/mol. The lowest BCUT2D eigenvalue weighted by atomic mass is 10.1. The zero-order chi connectivity index (χ0) is 15.3. The van der Waals surface area contributed by atoms with Gasteiger partial charge in [-0.1, -0.05) is 0 Å². The molecule has 1 aliphatic heterocycles. The van der Waals surface area contributed by atoms with Gasteiger partial charge in [0.05, 0.1) is 11.3 Å². The Bertz CT molecular complexity index is 765. The van der Waals surface area contributed by atoms with E-state index in [0.29, 0.717) is 16.9 Å². The van der Waals surface area contributed by atoms with Crippen LogP contribution in [0.2, 0.25) is 0 Å². The monoisotopic (exact) mass is 357 g/mol. The molecule has 112 valence electrons. The summed E-state index contributed by atoms with van der Waals surface area (Å²) in [5.74, 6) is -0.311. The number of fused-ring (bicyclic) bond motifs is 1. The summed E-state index contributed by atoms with van der Waals surface area (Å²) in [6, 6.07) is 0.705. The molecule has 1 aromatic rings. The van der Waals surface area contributed by atoms with E-state index in [2.05, 4.69) is 5.32 Å². The van der Waals surface area contributed by atoms with E-state index in [0.717, 1.165) is 0 Å². The summed E-state index contributed by atoms with van der Waals surface area (Å²) in [6.07, 6.45) is 0.202. The van der Waals surface area contributed by atoms with E-state index in [-0.39, 0.29) is 20.7 Å². The Hall–Kier alpha value is -0.640. The minimum absolute atomic E-state index is 0.0331. The van der Waals surface area contributed by atoms with Gasteiger partial charge < -0.3 is 5.32 Å². The Morgan fingerprint density at radius 2 is 2.10 bits per heavy atom. The van der Waals surface area contributed by atoms with Gasteiger partial charge in [-0.3, -0.25) is 4.79 Å². The molecule has 2 unspecified atom stereocenters. The molecule has 0 fully saturated rings. The Morgan fingerprint density at radius 3 is 2.60 bits per heavy atom. The second kappa shape index (κ2) is 4.97. The van der Waals surface area contributed by atoms with Gasteiger partial charge in [0.1, 0.15) is 8.42 Å². The standard InChI is InChI=1S/C10H12ClNO5S3/c1-5-3-8(12-6(2)13)7-4-9(20(11,16)17)18-10(7)19(5,14)15/h4-5,8H,3H2,1-2H3,(H,12,13). The van der Waals surface area contributed by atoms with Crippen LogP contribution in [0.1, 0.15) is 31.9 Å². The molecule has 20 heavy (non-hydrogen) atoms. The summed E-state index contributed by atoms with van der Waals surface area (Å²) >= 11 is 0.625. The highest BCUT2D eigenvalue weighted by Crippen LogP contribution is 2.43. The molecular weight excluding hydrogens is 346 g/mol. The van der Waals surface area contributed by atoms with E-state index in [1.54, 1.807) is 0 Å². The third-order valence-electron chi connectivity index (χ3n) is 3.05. The number of carbonyl (C=O) groups excluding carboxylic acids is 1. The van der Waals surface area contributed by atoms with E-state index in [1.165, 1.54) is 19.9 Å². The topological polar surface area (TPSA) is 97.4 Å². The fourth-order valence-corrected chi connectivity index (χ4v) is 6.85. The first-order valence-electron chi connectivity index (χ1n) is 5.63. The molecule has 1 N–H and O–H groups in total. The molecular formula is C10H12ClNO5S3. The van der Waals surface area contributed by atoms with Crippen LogP contribution in [0, 0.1) is 0 Å². The van der Waals surface area contributed by atoms with Gasteiger partial charge in [0.2, 0.25) is 5.91 Å². The maximum Gasteiger partial charge on any atom is 0.270 e. The Balaban J connectivity index is 2.64. The van der Waals surface area contributed by atoms with E-state index in [4.69, 9.17) is 10.7 Å². The Morgan fingerprint density at radius 1 is 1.50 bits per heavy atom. The number of carbonyl (C=O) groups is 1. The molecule has 0 aliphatic carbocycles. The van der Waals surface area contributed by atoms with Gasteiger partial charge in [-0.05, 0) is 19.4 Å². The first-order valence-corrected chi connectivity index (χ1v) is 10.3. The highest BCUT2D eigenvalue weighted by Gasteiger charge is 2.39. The zero-order valence-corrected chi connectivity index (χ0v) is 13.8. The van der Waals surface area contributed by atoms with Gasteiger partial charge in [-0.15, -0.1) is 11.3 Å². The van der Waals surface area contributed by atoms with Crippen molar-refractivity contribution in [1.82, 2.24) is 5.32 Å². The molecule has 1 aliphatic rings. The Kier molecular flexibility index (Phi) is 3.91. The van der Waals surface area contributed by atoms with Crippen molar-refractivity contribution in [3.05, 3.63) is 11.6 Å². The highest BCUT2D eigenvalue weighted by atomic mass is 35.7. The predicted molar refractivity (Wildman–Crippen MR) is 75.2 cm³/mol. The number of hydrogen-bond acceptors (Lipinski definition) is 6. The molecule has 0 spiro atoms.